The highest BCUT2D eigenvalue weighted by Gasteiger charge is 2.39. The summed E-state index contributed by atoms with van der Waals surface area (Å²) in [7, 11) is 1.64. The third kappa shape index (κ3) is 9.73. The zero-order valence-corrected chi connectivity index (χ0v) is 32.4. The van der Waals surface area contributed by atoms with Gasteiger partial charge < -0.3 is 25.0 Å². The molecule has 0 radical (unpaired) electrons. The number of carbonyl (C=O) groups is 6. The van der Waals surface area contributed by atoms with Crippen LogP contribution in [0.4, 0.5) is 4.79 Å². The number of benzene rings is 1. The van der Waals surface area contributed by atoms with Gasteiger partial charge in [-0.05, 0) is 52.7 Å². The number of hydrogen-bond acceptors (Lipinski definition) is 11. The largest absolute Gasteiger partial charge is 0.480 e. The Balaban J connectivity index is 1.43. The van der Waals surface area contributed by atoms with Crippen LogP contribution in [0, 0.1) is 5.41 Å². The summed E-state index contributed by atoms with van der Waals surface area (Å²) in [4.78, 5) is 88.2. The molecule has 0 saturated heterocycles. The third-order valence-corrected chi connectivity index (χ3v) is 11.4. The molecule has 2 aliphatic rings. The molecule has 13 nitrogen and oxygen atoms in total. The molecule has 15 heteroatoms. The van der Waals surface area contributed by atoms with E-state index < -0.39 is 23.5 Å². The summed E-state index contributed by atoms with van der Waals surface area (Å²) in [5.74, 6) is -0.994. The number of ether oxygens (including phenoxy) is 1. The maximum Gasteiger partial charge on any atom is 0.415 e. The molecule has 280 valence electrons. The van der Waals surface area contributed by atoms with Gasteiger partial charge in [-0.15, -0.1) is 23.1 Å². The molecule has 1 unspecified atom stereocenters. The summed E-state index contributed by atoms with van der Waals surface area (Å²) in [5, 5.41) is 13.2. The first-order chi connectivity index (χ1) is 24.5. The quantitative estimate of drug-likeness (QED) is 0.166. The molecular weight excluding hydrogens is 707 g/mol. The van der Waals surface area contributed by atoms with Crippen molar-refractivity contribution in [2.24, 2.45) is 10.4 Å². The zero-order valence-electron chi connectivity index (χ0n) is 30.8. The number of nitrogens with zero attached hydrogens (tertiary/aromatic N) is 4. The van der Waals surface area contributed by atoms with Gasteiger partial charge in [0.25, 0.3) is 0 Å². The zero-order chi connectivity index (χ0) is 38.3. The van der Waals surface area contributed by atoms with Crippen molar-refractivity contribution in [2.45, 2.75) is 79.7 Å². The molecular formula is C37H47N5O8S2. The molecule has 2 heterocycles. The van der Waals surface area contributed by atoms with Gasteiger partial charge in [-0.2, -0.15) is 0 Å². The molecule has 52 heavy (non-hydrogen) atoms. The fraction of sp³-hybridized carbons (Fsp3) is 0.514. The number of allylic oxidation sites excluding steroid dienone is 4. The second-order valence-electron chi connectivity index (χ2n) is 13.7. The van der Waals surface area contributed by atoms with Crippen LogP contribution in [0.25, 0.3) is 10.2 Å². The number of thioether (sulfide) groups is 1. The van der Waals surface area contributed by atoms with Gasteiger partial charge in [0.2, 0.25) is 11.8 Å². The Morgan fingerprint density at radius 1 is 1.00 bits per heavy atom. The van der Waals surface area contributed by atoms with Crippen molar-refractivity contribution in [1.29, 1.82) is 0 Å². The standard InChI is InChI=1S/C37H47N5O8S2/c1-8-38-28(43)12-10-9-11-15-42(17-16-41(7)29(44)19-37(5,6)30-23(4)31(45)21(2)22(3)32(30)46)36(49)50-24-13-14-25-27(18-24)52-34(39-25)33-40-26(20-51-33)35(47)48/h13-14,18,26H,8-12,15-17,19-20H2,1-7H3,(H,38,43)(H,47,48). The first kappa shape index (κ1) is 40.4. The molecule has 1 aliphatic carbocycles. The molecule has 0 fully saturated rings. The number of carboxylic acid groups (broad SMARTS) is 1. The van der Waals surface area contributed by atoms with Crippen LogP contribution >= 0.6 is 23.1 Å². The molecule has 1 aromatic heterocycles. The Kier molecular flexibility index (Phi) is 13.5. The number of ketones is 2. The Morgan fingerprint density at radius 2 is 1.71 bits per heavy atom. The maximum absolute atomic E-state index is 13.6. The van der Waals surface area contributed by atoms with Gasteiger partial charge in [0.1, 0.15) is 15.8 Å². The first-order valence-electron chi connectivity index (χ1n) is 17.3. The molecule has 0 spiro atoms. The fourth-order valence-corrected chi connectivity index (χ4v) is 8.18. The number of carbonyl (C=O) groups excluding carboxylic acids is 5. The number of Topliss-reactive ketones (excluding diaryl/α,β-unsaturated/α-hetero) is 2. The van der Waals surface area contributed by atoms with Crippen molar-refractivity contribution in [3.05, 3.63) is 45.5 Å². The molecule has 1 aliphatic heterocycles. The lowest BCUT2D eigenvalue weighted by Gasteiger charge is -2.33. The number of aliphatic imine (C=N–C) groups is 1. The van der Waals surface area contributed by atoms with Gasteiger partial charge in [-0.25, -0.2) is 14.6 Å². The predicted molar refractivity (Wildman–Crippen MR) is 202 cm³/mol. The van der Waals surface area contributed by atoms with Crippen LogP contribution in [0.5, 0.6) is 5.75 Å². The van der Waals surface area contributed by atoms with Crippen LogP contribution in [0.3, 0.4) is 0 Å². The van der Waals surface area contributed by atoms with Gasteiger partial charge in [0.15, 0.2) is 17.6 Å². The van der Waals surface area contributed by atoms with Gasteiger partial charge >= 0.3 is 12.1 Å². The van der Waals surface area contributed by atoms with Crippen LogP contribution in [0.15, 0.2) is 45.5 Å². The highest BCUT2D eigenvalue weighted by Crippen LogP contribution is 2.39. The second kappa shape index (κ2) is 17.4. The van der Waals surface area contributed by atoms with Crippen LogP contribution in [0.1, 0.15) is 78.7 Å². The summed E-state index contributed by atoms with van der Waals surface area (Å²) in [6.45, 7) is 11.6. The van der Waals surface area contributed by atoms with Crippen molar-refractivity contribution in [1.82, 2.24) is 20.1 Å². The molecule has 1 aromatic carbocycles. The topological polar surface area (TPSA) is 176 Å². The second-order valence-corrected chi connectivity index (χ2v) is 15.7. The lowest BCUT2D eigenvalue weighted by molar-refractivity contribution is -0.138. The van der Waals surface area contributed by atoms with Crippen molar-refractivity contribution >= 4 is 73.8 Å². The lowest BCUT2D eigenvalue weighted by atomic mass is 9.71. The number of amides is 3. The van der Waals surface area contributed by atoms with E-state index in [0.717, 1.165) is 4.70 Å². The summed E-state index contributed by atoms with van der Waals surface area (Å²) < 4.78 is 6.55. The van der Waals surface area contributed by atoms with Crippen LogP contribution in [-0.4, -0.2) is 105 Å². The number of nitrogens with one attached hydrogen (secondary N) is 1. The molecule has 1 atom stereocenters. The van der Waals surface area contributed by atoms with Gasteiger partial charge in [0, 0.05) is 85.6 Å². The molecule has 0 bridgehead atoms. The summed E-state index contributed by atoms with van der Waals surface area (Å²) in [5.41, 5.74) is 1.30. The Bertz CT molecular complexity index is 1860. The lowest BCUT2D eigenvalue weighted by Crippen LogP contribution is -2.42. The van der Waals surface area contributed by atoms with E-state index in [1.54, 1.807) is 59.9 Å². The number of thiazole rings is 1. The molecule has 0 saturated carbocycles. The third-order valence-electron chi connectivity index (χ3n) is 9.24. The van der Waals surface area contributed by atoms with E-state index in [-0.39, 0.29) is 42.9 Å². The maximum atomic E-state index is 13.6. The minimum atomic E-state index is -0.979. The number of unbranched alkanes of at least 4 members (excludes halogenated alkanes) is 2. The van der Waals surface area contributed by atoms with E-state index >= 15 is 0 Å². The van der Waals surface area contributed by atoms with Crippen LogP contribution < -0.4 is 10.1 Å². The minimum absolute atomic E-state index is 0.00939. The van der Waals surface area contributed by atoms with Crippen LogP contribution in [-0.2, 0) is 24.0 Å². The van der Waals surface area contributed by atoms with E-state index in [0.29, 0.717) is 88.1 Å². The highest BCUT2D eigenvalue weighted by atomic mass is 32.2. The van der Waals surface area contributed by atoms with Crippen molar-refractivity contribution in [3.8, 4) is 5.75 Å². The molecule has 4 rings (SSSR count). The molecule has 3 amide bonds. The normalized spacial score (nSPS) is 16.4. The number of hydrogen-bond donors (Lipinski definition) is 2. The number of carboxylic acids is 1. The van der Waals surface area contributed by atoms with E-state index in [2.05, 4.69) is 15.3 Å². The summed E-state index contributed by atoms with van der Waals surface area (Å²) in [6.07, 6.45) is 1.77. The number of aromatic nitrogens is 1. The predicted octanol–water partition coefficient (Wildman–Crippen LogP) is 5.42. The average molecular weight is 754 g/mol. The Hall–Kier alpha value is -4.37. The first-order valence-corrected chi connectivity index (χ1v) is 19.1. The highest BCUT2D eigenvalue weighted by molar-refractivity contribution is 8.15. The molecule has 2 aromatic rings. The fourth-order valence-electron chi connectivity index (χ4n) is 6.09. The van der Waals surface area contributed by atoms with Crippen molar-refractivity contribution in [2.75, 3.05) is 39.0 Å². The number of fused-ring (bicyclic) bond motifs is 1. The van der Waals surface area contributed by atoms with E-state index in [9.17, 15) is 33.9 Å². The number of rotatable bonds is 16. The Morgan fingerprint density at radius 3 is 2.38 bits per heavy atom. The summed E-state index contributed by atoms with van der Waals surface area (Å²) >= 11 is 2.68. The number of likely N-dealkylation sites (N-methyl/N-ethyl adjacent to an activating group) is 1. The minimum Gasteiger partial charge on any atom is -0.480 e. The van der Waals surface area contributed by atoms with Crippen molar-refractivity contribution in [3.63, 3.8) is 0 Å². The average Bonchev–Trinajstić information content (AvgIpc) is 3.75. The van der Waals surface area contributed by atoms with Gasteiger partial charge in [-0.1, -0.05) is 20.3 Å². The number of aliphatic carboxylic acids is 1. The van der Waals surface area contributed by atoms with E-state index in [1.807, 2.05) is 6.92 Å². The monoisotopic (exact) mass is 753 g/mol. The molecule has 2 N–H and O–H groups in total. The van der Waals surface area contributed by atoms with E-state index in [4.69, 9.17) is 4.74 Å². The summed E-state index contributed by atoms with van der Waals surface area (Å²) in [6, 6.07) is 4.27. The Labute approximate surface area is 311 Å². The van der Waals surface area contributed by atoms with Crippen molar-refractivity contribution < 1.29 is 38.6 Å². The smallest absolute Gasteiger partial charge is 0.415 e. The van der Waals surface area contributed by atoms with Gasteiger partial charge in [0.05, 0.1) is 10.2 Å². The van der Waals surface area contributed by atoms with Gasteiger partial charge in [-0.3, -0.25) is 24.2 Å². The van der Waals surface area contributed by atoms with E-state index in [1.165, 1.54) is 32.9 Å². The van der Waals surface area contributed by atoms with Crippen LogP contribution in [0.2, 0.25) is 0 Å². The SMILES string of the molecule is CCNC(=O)CCCCCN(CCN(C)C(=O)CC(C)(C)C1=C(C)C(=O)C(C)=C(C)C1=O)C(=O)Oc1ccc2nc(C3=NC(C(=O)O)CS3)sc2c1.